The van der Waals surface area contributed by atoms with Gasteiger partial charge >= 0.3 is 6.09 Å². The number of halogens is 1. The highest BCUT2D eigenvalue weighted by atomic mass is 35.5. The van der Waals surface area contributed by atoms with Gasteiger partial charge in [0.2, 0.25) is 5.91 Å². The zero-order chi connectivity index (χ0) is 26.5. The monoisotopic (exact) mass is 505 g/mol. The number of carbonyl (C=O) groups excluding carboxylic acids is 3. The number of anilines is 1. The van der Waals surface area contributed by atoms with E-state index >= 15 is 0 Å². The molecule has 9 nitrogen and oxygen atoms in total. The molecule has 35 heavy (non-hydrogen) atoms. The second kappa shape index (κ2) is 11.4. The van der Waals surface area contributed by atoms with Gasteiger partial charge in [-0.25, -0.2) is 4.79 Å². The molecular weight excluding hydrogens is 474 g/mol. The third-order valence-electron chi connectivity index (χ3n) is 5.19. The molecule has 2 atom stereocenters. The topological polar surface area (TPSA) is 128 Å². The first-order chi connectivity index (χ1) is 16.3. The minimum absolute atomic E-state index is 0.163. The molecule has 0 aliphatic heterocycles. The Morgan fingerprint density at radius 2 is 1.69 bits per heavy atom. The maximum absolute atomic E-state index is 13.5. The van der Waals surface area contributed by atoms with Gasteiger partial charge in [0.05, 0.1) is 17.3 Å². The van der Waals surface area contributed by atoms with Crippen LogP contribution in [0.1, 0.15) is 43.5 Å². The molecule has 2 aromatic rings. The van der Waals surface area contributed by atoms with Crippen LogP contribution in [0.15, 0.2) is 36.4 Å². The summed E-state index contributed by atoms with van der Waals surface area (Å²) in [6, 6.07) is 7.24. The van der Waals surface area contributed by atoms with Gasteiger partial charge in [-0.3, -0.25) is 9.59 Å². The molecule has 0 saturated carbocycles. The molecule has 10 heteroatoms. The number of carbonyl (C=O) groups is 3. The smallest absolute Gasteiger partial charge is 0.408 e. The number of para-hydroxylation sites is 2. The summed E-state index contributed by atoms with van der Waals surface area (Å²) in [5, 5.41) is 25.9. The van der Waals surface area contributed by atoms with E-state index in [1.165, 1.54) is 13.1 Å². The Kier molecular flexibility index (Phi) is 9.12. The first-order valence-electron chi connectivity index (χ1n) is 11.0. The van der Waals surface area contributed by atoms with Gasteiger partial charge in [-0.05, 0) is 51.8 Å². The number of phenols is 1. The lowest BCUT2D eigenvalue weighted by atomic mass is 9.99. The number of likely N-dealkylation sites (N-methyl/N-ethyl adjacent to an activating group) is 1. The van der Waals surface area contributed by atoms with E-state index in [9.17, 15) is 24.6 Å². The fourth-order valence-corrected chi connectivity index (χ4v) is 3.69. The van der Waals surface area contributed by atoms with Crippen LogP contribution >= 0.6 is 11.6 Å². The molecule has 0 spiro atoms. The molecule has 3 amide bonds. The van der Waals surface area contributed by atoms with Crippen molar-refractivity contribution in [3.8, 4) is 5.75 Å². The summed E-state index contributed by atoms with van der Waals surface area (Å²) in [5.74, 6) is -1.58. The predicted molar refractivity (Wildman–Crippen MR) is 133 cm³/mol. The molecular formula is C25H32ClN3O6. The number of amides is 3. The van der Waals surface area contributed by atoms with Crippen molar-refractivity contribution >= 4 is 35.2 Å². The van der Waals surface area contributed by atoms with Gasteiger partial charge in [-0.15, -0.1) is 0 Å². The summed E-state index contributed by atoms with van der Waals surface area (Å²) in [4.78, 5) is 40.0. The van der Waals surface area contributed by atoms with Crippen LogP contribution in [0.25, 0.3) is 0 Å². The first-order valence-corrected chi connectivity index (χ1v) is 11.4. The zero-order valence-corrected chi connectivity index (χ0v) is 21.4. The van der Waals surface area contributed by atoms with Crippen molar-refractivity contribution in [1.29, 1.82) is 0 Å². The molecule has 0 aliphatic rings. The van der Waals surface area contributed by atoms with Gasteiger partial charge in [0, 0.05) is 12.6 Å². The predicted octanol–water partition coefficient (Wildman–Crippen LogP) is 3.69. The molecule has 0 aliphatic carbocycles. The highest BCUT2D eigenvalue weighted by molar-refractivity contribution is 6.34. The Labute approximate surface area is 210 Å². The van der Waals surface area contributed by atoms with Gasteiger partial charge in [0.1, 0.15) is 23.4 Å². The third kappa shape index (κ3) is 7.10. The first kappa shape index (κ1) is 27.9. The highest BCUT2D eigenvalue weighted by Gasteiger charge is 2.35. The lowest BCUT2D eigenvalue weighted by Crippen LogP contribution is -2.52. The van der Waals surface area contributed by atoms with Crippen LogP contribution in [0.4, 0.5) is 10.5 Å². The van der Waals surface area contributed by atoms with Crippen LogP contribution in [-0.4, -0.2) is 58.3 Å². The molecule has 0 heterocycles. The fourth-order valence-electron chi connectivity index (χ4n) is 3.42. The van der Waals surface area contributed by atoms with E-state index in [1.807, 2.05) is 0 Å². The van der Waals surface area contributed by atoms with Crippen molar-refractivity contribution in [2.45, 2.75) is 52.3 Å². The number of hydrogen-bond donors (Lipinski definition) is 4. The Hall–Kier alpha value is -3.30. The maximum Gasteiger partial charge on any atom is 0.408 e. The summed E-state index contributed by atoms with van der Waals surface area (Å²) < 4.78 is 5.17. The van der Waals surface area contributed by atoms with Crippen LogP contribution in [0, 0.1) is 13.8 Å². The van der Waals surface area contributed by atoms with Crippen molar-refractivity contribution in [2.24, 2.45) is 0 Å². The number of hydrogen-bond acceptors (Lipinski definition) is 6. The van der Waals surface area contributed by atoms with E-state index in [0.29, 0.717) is 21.8 Å². The van der Waals surface area contributed by atoms with Gasteiger partial charge in [-0.1, -0.05) is 41.9 Å². The second-order valence-electron chi connectivity index (χ2n) is 9.17. The minimum atomic E-state index is -1.39. The number of aliphatic hydroxyl groups is 1. The second-order valence-corrected chi connectivity index (χ2v) is 9.57. The lowest BCUT2D eigenvalue weighted by molar-refractivity contribution is -0.139. The van der Waals surface area contributed by atoms with Gasteiger partial charge in [0.25, 0.3) is 5.91 Å². The molecule has 0 radical (unpaired) electrons. The van der Waals surface area contributed by atoms with Gasteiger partial charge in [0.15, 0.2) is 0 Å². The van der Waals surface area contributed by atoms with Crippen molar-refractivity contribution < 1.29 is 29.3 Å². The Morgan fingerprint density at radius 3 is 2.26 bits per heavy atom. The van der Waals surface area contributed by atoms with Crippen LogP contribution in [-0.2, 0) is 14.3 Å². The number of benzene rings is 2. The number of alkyl carbamates (subject to hydrolysis) is 1. The van der Waals surface area contributed by atoms with E-state index in [1.54, 1.807) is 65.0 Å². The number of aliphatic hydroxyl groups excluding tert-OH is 1. The molecule has 2 rings (SSSR count). The molecule has 190 valence electrons. The lowest BCUT2D eigenvalue weighted by Gasteiger charge is -2.31. The minimum Gasteiger partial charge on any atom is -0.507 e. The Bertz CT molecular complexity index is 1080. The summed E-state index contributed by atoms with van der Waals surface area (Å²) in [6.45, 7) is 7.67. The average Bonchev–Trinajstić information content (AvgIpc) is 2.76. The number of phenolic OH excluding ortho intramolecular Hbond substituents is 1. The number of aromatic hydroxyl groups is 1. The number of aryl methyl sites for hydroxylation is 2. The molecule has 0 fully saturated rings. The van der Waals surface area contributed by atoms with Crippen molar-refractivity contribution in [2.75, 3.05) is 19.0 Å². The largest absolute Gasteiger partial charge is 0.507 e. The number of nitrogens with zero attached hydrogens (tertiary/aromatic N) is 1. The van der Waals surface area contributed by atoms with Crippen molar-refractivity contribution in [3.05, 3.63) is 58.1 Å². The normalized spacial score (nSPS) is 12.9. The molecule has 0 saturated heterocycles. The molecule has 2 aromatic carbocycles. The molecule has 0 bridgehead atoms. The summed E-state index contributed by atoms with van der Waals surface area (Å²) in [5.41, 5.74) is 0.911. The maximum atomic E-state index is 13.5. The van der Waals surface area contributed by atoms with Crippen LogP contribution < -0.4 is 10.6 Å². The Morgan fingerprint density at radius 1 is 1.09 bits per heavy atom. The molecule has 2 unspecified atom stereocenters. The Balaban J connectivity index is 2.43. The van der Waals surface area contributed by atoms with Gasteiger partial charge in [-0.2, -0.15) is 0 Å². The number of rotatable bonds is 7. The van der Waals surface area contributed by atoms with E-state index in [0.717, 1.165) is 4.90 Å². The van der Waals surface area contributed by atoms with E-state index < -0.39 is 42.2 Å². The average molecular weight is 506 g/mol. The van der Waals surface area contributed by atoms with Gasteiger partial charge < -0.3 is 30.5 Å². The van der Waals surface area contributed by atoms with E-state index in [-0.39, 0.29) is 11.3 Å². The summed E-state index contributed by atoms with van der Waals surface area (Å²) >= 11 is 6.27. The SMILES string of the molecule is Cc1cccc(C(C(=O)Nc2c(C)cccc2Cl)N(C)C(=O)C(CO)NC(=O)OC(C)(C)C)c1O. The van der Waals surface area contributed by atoms with Crippen LogP contribution in [0.3, 0.4) is 0 Å². The van der Waals surface area contributed by atoms with E-state index in [2.05, 4.69) is 10.6 Å². The molecule has 4 N–H and O–H groups in total. The summed E-state index contributed by atoms with van der Waals surface area (Å²) in [6.07, 6.45) is -0.899. The molecule has 0 aromatic heterocycles. The third-order valence-corrected chi connectivity index (χ3v) is 5.50. The number of ether oxygens (including phenoxy) is 1. The quantitative estimate of drug-likeness (QED) is 0.454. The zero-order valence-electron chi connectivity index (χ0n) is 20.7. The standard InChI is InChI=1S/C25H32ClN3O6/c1-14-9-8-12-17(26)19(14)28-22(32)20(16-11-7-10-15(2)21(16)31)29(6)23(33)18(13-30)27-24(34)35-25(3,4)5/h7-12,18,20,30-31H,13H2,1-6H3,(H,27,34)(H,28,32). The van der Waals surface area contributed by atoms with Crippen LogP contribution in [0.2, 0.25) is 5.02 Å². The van der Waals surface area contributed by atoms with E-state index in [4.69, 9.17) is 16.3 Å². The van der Waals surface area contributed by atoms with Crippen molar-refractivity contribution in [1.82, 2.24) is 10.2 Å². The van der Waals surface area contributed by atoms with Crippen LogP contribution in [0.5, 0.6) is 5.75 Å². The van der Waals surface area contributed by atoms with Crippen molar-refractivity contribution in [3.63, 3.8) is 0 Å². The summed E-state index contributed by atoms with van der Waals surface area (Å²) in [7, 11) is 1.34. The fraction of sp³-hybridized carbons (Fsp3) is 0.400. The highest BCUT2D eigenvalue weighted by Crippen LogP contribution is 2.33. The number of nitrogens with one attached hydrogen (secondary N) is 2.